The summed E-state index contributed by atoms with van der Waals surface area (Å²) in [5.41, 5.74) is 0.778. The van der Waals surface area contributed by atoms with Crippen molar-refractivity contribution in [2.45, 2.75) is 6.54 Å². The molecular weight excluding hydrogens is 314 g/mol. The van der Waals surface area contributed by atoms with E-state index in [-0.39, 0.29) is 11.6 Å². The highest BCUT2D eigenvalue weighted by atomic mass is 16.6. The van der Waals surface area contributed by atoms with E-state index >= 15 is 0 Å². The SMILES string of the molecule is COc1ccc2c(c1)c(O)nn2CCOc1ccc([N+](=O)[O-])cc1. The molecule has 0 aliphatic heterocycles. The van der Waals surface area contributed by atoms with Crippen molar-refractivity contribution in [2.75, 3.05) is 13.7 Å². The molecule has 0 radical (unpaired) electrons. The van der Waals surface area contributed by atoms with Crippen molar-refractivity contribution < 1.29 is 19.5 Å². The molecule has 1 aromatic heterocycles. The normalized spacial score (nSPS) is 10.7. The average molecular weight is 329 g/mol. The van der Waals surface area contributed by atoms with Crippen LogP contribution >= 0.6 is 0 Å². The number of aromatic hydroxyl groups is 1. The van der Waals surface area contributed by atoms with Crippen LogP contribution in [0.25, 0.3) is 10.9 Å². The van der Waals surface area contributed by atoms with E-state index in [0.29, 0.717) is 30.0 Å². The Morgan fingerprint density at radius 2 is 1.92 bits per heavy atom. The van der Waals surface area contributed by atoms with Crippen LogP contribution < -0.4 is 9.47 Å². The van der Waals surface area contributed by atoms with Gasteiger partial charge in [0.15, 0.2) is 0 Å². The van der Waals surface area contributed by atoms with Gasteiger partial charge in [-0.15, -0.1) is 5.10 Å². The van der Waals surface area contributed by atoms with Crippen LogP contribution in [0, 0.1) is 10.1 Å². The second kappa shape index (κ2) is 6.45. The van der Waals surface area contributed by atoms with Crippen molar-refractivity contribution in [3.63, 3.8) is 0 Å². The lowest BCUT2D eigenvalue weighted by atomic mass is 10.2. The van der Waals surface area contributed by atoms with E-state index in [1.807, 2.05) is 6.07 Å². The van der Waals surface area contributed by atoms with Gasteiger partial charge in [0.25, 0.3) is 5.69 Å². The monoisotopic (exact) mass is 329 g/mol. The fourth-order valence-electron chi connectivity index (χ4n) is 2.35. The lowest BCUT2D eigenvalue weighted by molar-refractivity contribution is -0.384. The first kappa shape index (κ1) is 15.6. The number of hydrogen-bond acceptors (Lipinski definition) is 6. The van der Waals surface area contributed by atoms with Crippen LogP contribution in [0.4, 0.5) is 5.69 Å². The number of nitrogens with zero attached hydrogens (tertiary/aromatic N) is 3. The number of nitro groups is 1. The van der Waals surface area contributed by atoms with Crippen LogP contribution in [0.2, 0.25) is 0 Å². The quantitative estimate of drug-likeness (QED) is 0.551. The van der Waals surface area contributed by atoms with Gasteiger partial charge in [-0.1, -0.05) is 0 Å². The van der Waals surface area contributed by atoms with Gasteiger partial charge in [-0.2, -0.15) is 0 Å². The van der Waals surface area contributed by atoms with Crippen molar-refractivity contribution in [3.05, 3.63) is 52.6 Å². The Labute approximate surface area is 137 Å². The molecule has 8 heteroatoms. The highest BCUT2D eigenvalue weighted by Gasteiger charge is 2.11. The van der Waals surface area contributed by atoms with Crippen molar-refractivity contribution >= 4 is 16.6 Å². The molecule has 0 aliphatic rings. The molecule has 8 nitrogen and oxygen atoms in total. The molecule has 0 fully saturated rings. The maximum Gasteiger partial charge on any atom is 0.269 e. The highest BCUT2D eigenvalue weighted by Crippen LogP contribution is 2.27. The number of benzene rings is 2. The maximum absolute atomic E-state index is 10.6. The van der Waals surface area contributed by atoms with Gasteiger partial charge in [0, 0.05) is 12.1 Å². The second-order valence-electron chi connectivity index (χ2n) is 5.03. The smallest absolute Gasteiger partial charge is 0.269 e. The van der Waals surface area contributed by atoms with E-state index in [9.17, 15) is 15.2 Å². The first-order chi connectivity index (χ1) is 11.6. The maximum atomic E-state index is 10.6. The van der Waals surface area contributed by atoms with Gasteiger partial charge in [0.1, 0.15) is 18.1 Å². The fraction of sp³-hybridized carbons (Fsp3) is 0.188. The van der Waals surface area contributed by atoms with E-state index < -0.39 is 4.92 Å². The summed E-state index contributed by atoms with van der Waals surface area (Å²) in [6.07, 6.45) is 0. The Hall–Kier alpha value is -3.29. The molecule has 124 valence electrons. The Morgan fingerprint density at radius 3 is 2.58 bits per heavy atom. The minimum absolute atomic E-state index is 0.0132. The Balaban J connectivity index is 1.68. The first-order valence-electron chi connectivity index (χ1n) is 7.19. The molecule has 0 aliphatic carbocycles. The molecule has 2 aromatic carbocycles. The summed E-state index contributed by atoms with van der Waals surface area (Å²) < 4.78 is 12.3. The predicted molar refractivity (Wildman–Crippen MR) is 86.5 cm³/mol. The third kappa shape index (κ3) is 3.07. The third-order valence-electron chi connectivity index (χ3n) is 3.56. The van der Waals surface area contributed by atoms with Crippen LogP contribution in [0.3, 0.4) is 0 Å². The Morgan fingerprint density at radius 1 is 1.21 bits per heavy atom. The van der Waals surface area contributed by atoms with Gasteiger partial charge in [-0.25, -0.2) is 0 Å². The van der Waals surface area contributed by atoms with Gasteiger partial charge in [-0.3, -0.25) is 14.8 Å². The summed E-state index contributed by atoms with van der Waals surface area (Å²) in [4.78, 5) is 10.1. The molecule has 0 atom stereocenters. The van der Waals surface area contributed by atoms with E-state index in [1.165, 1.54) is 12.1 Å². The summed E-state index contributed by atoms with van der Waals surface area (Å²) in [5.74, 6) is 1.10. The summed E-state index contributed by atoms with van der Waals surface area (Å²) in [6, 6.07) is 11.2. The highest BCUT2D eigenvalue weighted by molar-refractivity contribution is 5.85. The number of hydrogen-bond donors (Lipinski definition) is 1. The van der Waals surface area contributed by atoms with Gasteiger partial charge >= 0.3 is 0 Å². The van der Waals surface area contributed by atoms with E-state index in [1.54, 1.807) is 36.1 Å². The molecule has 1 N–H and O–H groups in total. The summed E-state index contributed by atoms with van der Waals surface area (Å²) in [7, 11) is 1.56. The summed E-state index contributed by atoms with van der Waals surface area (Å²) in [6.45, 7) is 0.723. The minimum Gasteiger partial charge on any atom is -0.497 e. The number of nitro benzene ring substituents is 1. The third-order valence-corrected chi connectivity index (χ3v) is 3.56. The largest absolute Gasteiger partial charge is 0.497 e. The number of aromatic nitrogens is 2. The van der Waals surface area contributed by atoms with Crippen molar-refractivity contribution in [2.24, 2.45) is 0 Å². The molecule has 0 spiro atoms. The van der Waals surface area contributed by atoms with Crippen LogP contribution in [0.1, 0.15) is 0 Å². The van der Waals surface area contributed by atoms with Crippen LogP contribution in [-0.4, -0.2) is 33.5 Å². The van der Waals surface area contributed by atoms with E-state index in [4.69, 9.17) is 9.47 Å². The van der Waals surface area contributed by atoms with E-state index in [0.717, 1.165) is 5.52 Å². The molecule has 0 saturated carbocycles. The lowest BCUT2D eigenvalue weighted by Gasteiger charge is -2.07. The fourth-order valence-corrected chi connectivity index (χ4v) is 2.35. The standard InChI is InChI=1S/C16H15N3O5/c1-23-13-6-7-15-14(10-13)16(20)17-18(15)8-9-24-12-4-2-11(3-5-12)19(21)22/h2-7,10H,8-9H2,1H3,(H,17,20). The van der Waals surface area contributed by atoms with Gasteiger partial charge in [0.05, 0.1) is 29.5 Å². The van der Waals surface area contributed by atoms with Gasteiger partial charge < -0.3 is 14.6 Å². The average Bonchev–Trinajstić information content (AvgIpc) is 2.91. The van der Waals surface area contributed by atoms with Crippen LogP contribution in [0.15, 0.2) is 42.5 Å². The van der Waals surface area contributed by atoms with Crippen LogP contribution in [0.5, 0.6) is 17.4 Å². The molecule has 0 unspecified atom stereocenters. The summed E-state index contributed by atoms with van der Waals surface area (Å²) >= 11 is 0. The van der Waals surface area contributed by atoms with Crippen molar-refractivity contribution in [3.8, 4) is 17.4 Å². The first-order valence-corrected chi connectivity index (χ1v) is 7.19. The van der Waals surface area contributed by atoms with Crippen LogP contribution in [-0.2, 0) is 6.54 Å². The molecule has 3 rings (SSSR count). The predicted octanol–water partition coefficient (Wildman–Crippen LogP) is 2.74. The van der Waals surface area contributed by atoms with Gasteiger partial charge in [0.2, 0.25) is 5.88 Å². The van der Waals surface area contributed by atoms with Crippen molar-refractivity contribution in [1.82, 2.24) is 9.78 Å². The minimum atomic E-state index is -0.462. The number of rotatable bonds is 6. The van der Waals surface area contributed by atoms with Gasteiger partial charge in [-0.05, 0) is 30.3 Å². The zero-order chi connectivity index (χ0) is 17.1. The number of ether oxygens (including phenoxy) is 2. The second-order valence-corrected chi connectivity index (χ2v) is 5.03. The zero-order valence-electron chi connectivity index (χ0n) is 12.9. The molecule has 0 bridgehead atoms. The zero-order valence-corrected chi connectivity index (χ0v) is 12.9. The Bertz CT molecular complexity index is 873. The Kier molecular flexibility index (Phi) is 4.19. The number of fused-ring (bicyclic) bond motifs is 1. The van der Waals surface area contributed by atoms with Crippen molar-refractivity contribution in [1.29, 1.82) is 0 Å². The topological polar surface area (TPSA) is 99.7 Å². The molecule has 1 heterocycles. The molecule has 0 amide bonds. The van der Waals surface area contributed by atoms with E-state index in [2.05, 4.69) is 5.10 Å². The molecule has 0 saturated heterocycles. The molecular formula is C16H15N3O5. The lowest BCUT2D eigenvalue weighted by Crippen LogP contribution is -2.09. The molecule has 24 heavy (non-hydrogen) atoms. The summed E-state index contributed by atoms with van der Waals surface area (Å²) in [5, 5.41) is 25.2. The number of methoxy groups -OCH3 is 1. The number of non-ortho nitro benzene ring substituents is 1. The molecule has 3 aromatic rings.